The average Bonchev–Trinajstić information content (AvgIpc) is 2.52. The van der Waals surface area contributed by atoms with Crippen LogP contribution in [0.15, 0.2) is 53.1 Å². The molecule has 3 nitrogen and oxygen atoms in total. The van der Waals surface area contributed by atoms with E-state index in [4.69, 9.17) is 9.47 Å². The summed E-state index contributed by atoms with van der Waals surface area (Å²) < 4.78 is 12.3. The van der Waals surface area contributed by atoms with Crippen LogP contribution in [0.5, 0.6) is 17.4 Å². The molecule has 0 amide bonds. The second-order valence-corrected chi connectivity index (χ2v) is 5.51. The van der Waals surface area contributed by atoms with Crippen molar-refractivity contribution in [3.63, 3.8) is 0 Å². The highest BCUT2D eigenvalue weighted by molar-refractivity contribution is 9.10. The van der Waals surface area contributed by atoms with Crippen LogP contribution >= 0.6 is 15.9 Å². The summed E-state index contributed by atoms with van der Waals surface area (Å²) in [5, 5.41) is 2.08. The van der Waals surface area contributed by atoms with E-state index < -0.39 is 0 Å². The van der Waals surface area contributed by atoms with Crippen LogP contribution in [0.3, 0.4) is 0 Å². The fourth-order valence-corrected chi connectivity index (χ4v) is 2.74. The Hall–Kier alpha value is -2.07. The van der Waals surface area contributed by atoms with Gasteiger partial charge in [0.2, 0.25) is 5.88 Å². The third-order valence-electron chi connectivity index (χ3n) is 3.32. The number of aryl methyl sites for hydroxylation is 1. The lowest BCUT2D eigenvalue weighted by Crippen LogP contribution is -1.94. The van der Waals surface area contributed by atoms with Gasteiger partial charge in [0.05, 0.1) is 7.11 Å². The molecule has 0 unspecified atom stereocenters. The summed E-state index contributed by atoms with van der Waals surface area (Å²) in [6.45, 7) is 2.05. The van der Waals surface area contributed by atoms with E-state index in [1.54, 1.807) is 13.3 Å². The van der Waals surface area contributed by atoms with Crippen LogP contribution in [0.25, 0.3) is 10.8 Å². The summed E-state index contributed by atoms with van der Waals surface area (Å²) in [5.74, 6) is 1.92. The fraction of sp³-hybridized carbons (Fsp3) is 0.118. The van der Waals surface area contributed by atoms with Crippen molar-refractivity contribution in [2.75, 3.05) is 7.11 Å². The van der Waals surface area contributed by atoms with E-state index in [-0.39, 0.29) is 0 Å². The Morgan fingerprint density at radius 2 is 1.76 bits per heavy atom. The molecule has 4 heteroatoms. The summed E-state index contributed by atoms with van der Waals surface area (Å²) in [4.78, 5) is 4.38. The summed E-state index contributed by atoms with van der Waals surface area (Å²) in [6, 6.07) is 13.6. The zero-order chi connectivity index (χ0) is 14.8. The number of nitrogens with zero attached hydrogens (tertiary/aromatic N) is 1. The van der Waals surface area contributed by atoms with Crippen LogP contribution in [0, 0.1) is 6.92 Å². The smallest absolute Gasteiger partial charge is 0.227 e. The number of hydrogen-bond acceptors (Lipinski definition) is 3. The number of benzene rings is 2. The molecule has 106 valence electrons. The molecule has 0 saturated carbocycles. The van der Waals surface area contributed by atoms with E-state index >= 15 is 0 Å². The largest absolute Gasteiger partial charge is 0.493 e. The lowest BCUT2D eigenvalue weighted by molar-refractivity contribution is 0.376. The number of rotatable bonds is 3. The van der Waals surface area contributed by atoms with Crippen molar-refractivity contribution in [2.45, 2.75) is 6.92 Å². The van der Waals surface area contributed by atoms with E-state index in [0.29, 0.717) is 17.4 Å². The molecule has 0 aliphatic heterocycles. The molecule has 1 heterocycles. The minimum atomic E-state index is 0.579. The first-order chi connectivity index (χ1) is 10.2. The highest BCUT2D eigenvalue weighted by Gasteiger charge is 2.12. The van der Waals surface area contributed by atoms with Gasteiger partial charge in [-0.1, -0.05) is 34.1 Å². The van der Waals surface area contributed by atoms with Crippen molar-refractivity contribution in [1.29, 1.82) is 0 Å². The van der Waals surface area contributed by atoms with Gasteiger partial charge in [0.25, 0.3) is 0 Å². The first-order valence-electron chi connectivity index (χ1n) is 6.55. The van der Waals surface area contributed by atoms with E-state index in [1.165, 1.54) is 0 Å². The Bertz CT molecular complexity index is 802. The topological polar surface area (TPSA) is 31.4 Å². The number of aromatic nitrogens is 1. The molecular weight excluding hydrogens is 330 g/mol. The normalized spacial score (nSPS) is 10.6. The van der Waals surface area contributed by atoms with Crippen LogP contribution in [0.4, 0.5) is 0 Å². The Morgan fingerprint density at radius 1 is 1.00 bits per heavy atom. The maximum atomic E-state index is 5.99. The monoisotopic (exact) mass is 343 g/mol. The van der Waals surface area contributed by atoms with Gasteiger partial charge in [-0.05, 0) is 36.8 Å². The summed E-state index contributed by atoms with van der Waals surface area (Å²) in [7, 11) is 1.63. The van der Waals surface area contributed by atoms with Crippen molar-refractivity contribution in [1.82, 2.24) is 4.98 Å². The molecular formula is C17H14BrNO2. The number of ether oxygens (including phenoxy) is 2. The van der Waals surface area contributed by atoms with Gasteiger partial charge in [-0.2, -0.15) is 0 Å². The van der Waals surface area contributed by atoms with Crippen molar-refractivity contribution >= 4 is 26.7 Å². The van der Waals surface area contributed by atoms with Gasteiger partial charge in [0, 0.05) is 21.4 Å². The SMILES string of the molecule is COc1ccccc1Oc1nccc2c(Br)ccc(C)c12. The van der Waals surface area contributed by atoms with Crippen LogP contribution in [-0.2, 0) is 0 Å². The lowest BCUT2D eigenvalue weighted by atomic mass is 10.1. The van der Waals surface area contributed by atoms with Gasteiger partial charge in [0.1, 0.15) is 0 Å². The Kier molecular flexibility index (Phi) is 3.80. The number of pyridine rings is 1. The standard InChI is InChI=1S/C17H14BrNO2/c1-11-7-8-13(18)12-9-10-19-17(16(11)12)21-15-6-4-3-5-14(15)20-2/h3-10H,1-2H3. The number of methoxy groups -OCH3 is 1. The molecule has 2 aromatic carbocycles. The highest BCUT2D eigenvalue weighted by Crippen LogP contribution is 2.36. The minimum Gasteiger partial charge on any atom is -0.493 e. The maximum absolute atomic E-state index is 5.99. The molecule has 0 N–H and O–H groups in total. The number of hydrogen-bond donors (Lipinski definition) is 0. The lowest BCUT2D eigenvalue weighted by Gasteiger charge is -2.12. The van der Waals surface area contributed by atoms with Crippen LogP contribution in [0.2, 0.25) is 0 Å². The predicted octanol–water partition coefficient (Wildman–Crippen LogP) is 5.11. The molecule has 0 aliphatic rings. The third-order valence-corrected chi connectivity index (χ3v) is 4.01. The van der Waals surface area contributed by atoms with Gasteiger partial charge >= 0.3 is 0 Å². The summed E-state index contributed by atoms with van der Waals surface area (Å²) in [6.07, 6.45) is 1.75. The van der Waals surface area contributed by atoms with Gasteiger partial charge < -0.3 is 9.47 Å². The number of para-hydroxylation sites is 2. The molecule has 21 heavy (non-hydrogen) atoms. The predicted molar refractivity (Wildman–Crippen MR) is 87.2 cm³/mol. The van der Waals surface area contributed by atoms with Gasteiger partial charge in [-0.25, -0.2) is 4.98 Å². The fourth-order valence-electron chi connectivity index (χ4n) is 2.28. The van der Waals surface area contributed by atoms with Crippen LogP contribution in [0.1, 0.15) is 5.56 Å². The zero-order valence-corrected chi connectivity index (χ0v) is 13.3. The molecule has 3 rings (SSSR count). The molecule has 1 aromatic heterocycles. The van der Waals surface area contributed by atoms with Crippen LogP contribution in [-0.4, -0.2) is 12.1 Å². The second kappa shape index (κ2) is 5.74. The third kappa shape index (κ3) is 2.59. The first kappa shape index (κ1) is 13.9. The van der Waals surface area contributed by atoms with Crippen molar-refractivity contribution in [3.05, 3.63) is 58.7 Å². The first-order valence-corrected chi connectivity index (χ1v) is 7.34. The molecule has 3 aromatic rings. The highest BCUT2D eigenvalue weighted by atomic mass is 79.9. The molecule has 0 saturated heterocycles. The van der Waals surface area contributed by atoms with Crippen molar-refractivity contribution in [2.24, 2.45) is 0 Å². The Labute approximate surface area is 131 Å². The molecule has 0 atom stereocenters. The summed E-state index contributed by atoms with van der Waals surface area (Å²) in [5.41, 5.74) is 1.12. The molecule has 0 spiro atoms. The van der Waals surface area contributed by atoms with Crippen LogP contribution < -0.4 is 9.47 Å². The molecule has 0 aliphatic carbocycles. The molecule has 0 bridgehead atoms. The minimum absolute atomic E-state index is 0.579. The van der Waals surface area contributed by atoms with Gasteiger partial charge in [-0.3, -0.25) is 0 Å². The van der Waals surface area contributed by atoms with E-state index in [1.807, 2.05) is 49.4 Å². The number of fused-ring (bicyclic) bond motifs is 1. The van der Waals surface area contributed by atoms with Gasteiger partial charge in [0.15, 0.2) is 11.5 Å². The molecule has 0 fully saturated rings. The number of halogens is 1. The zero-order valence-electron chi connectivity index (χ0n) is 11.8. The summed E-state index contributed by atoms with van der Waals surface area (Å²) >= 11 is 3.57. The Morgan fingerprint density at radius 3 is 2.52 bits per heavy atom. The second-order valence-electron chi connectivity index (χ2n) is 4.66. The molecule has 0 radical (unpaired) electrons. The van der Waals surface area contributed by atoms with E-state index in [9.17, 15) is 0 Å². The van der Waals surface area contributed by atoms with E-state index in [0.717, 1.165) is 20.8 Å². The van der Waals surface area contributed by atoms with Crippen molar-refractivity contribution in [3.8, 4) is 17.4 Å². The van der Waals surface area contributed by atoms with Gasteiger partial charge in [-0.15, -0.1) is 0 Å². The maximum Gasteiger partial charge on any atom is 0.227 e. The average molecular weight is 344 g/mol. The Balaban J connectivity index is 2.15. The van der Waals surface area contributed by atoms with E-state index in [2.05, 4.69) is 20.9 Å². The quantitative estimate of drug-likeness (QED) is 0.662. The van der Waals surface area contributed by atoms with Crippen molar-refractivity contribution < 1.29 is 9.47 Å².